The molecule has 0 saturated carbocycles. The molecule has 1 fully saturated rings. The molecule has 0 aromatic rings. The Bertz CT molecular complexity index is 680. The average Bonchev–Trinajstić information content (AvgIpc) is 2.68. The van der Waals surface area contributed by atoms with Crippen LogP contribution in [0.15, 0.2) is 0 Å². The van der Waals surface area contributed by atoms with Crippen molar-refractivity contribution in [2.24, 2.45) is 0 Å². The first-order valence-electron chi connectivity index (χ1n) is 10.5. The van der Waals surface area contributed by atoms with Gasteiger partial charge in [0.25, 0.3) is 0 Å². The molecule has 0 atom stereocenters. The van der Waals surface area contributed by atoms with E-state index in [1.165, 1.54) is 7.05 Å². The number of aliphatic carboxylic acids is 4. The number of carbonyl (C=O) groups excluding carboxylic acids is 1. The normalized spacial score (nSPS) is 17.6. The van der Waals surface area contributed by atoms with Crippen LogP contribution in [-0.4, -0.2) is 167 Å². The van der Waals surface area contributed by atoms with Crippen LogP contribution in [-0.2, 0) is 24.0 Å². The summed E-state index contributed by atoms with van der Waals surface area (Å²) >= 11 is 0. The first-order valence-corrected chi connectivity index (χ1v) is 10.5. The van der Waals surface area contributed by atoms with Gasteiger partial charge in [0.15, 0.2) is 0 Å². The van der Waals surface area contributed by atoms with Crippen LogP contribution in [0, 0.1) is 39.9 Å². The van der Waals surface area contributed by atoms with Crippen molar-refractivity contribution in [3.63, 3.8) is 0 Å². The zero-order valence-corrected chi connectivity index (χ0v) is 21.4. The summed E-state index contributed by atoms with van der Waals surface area (Å²) in [6.45, 7) is 0.931. The third kappa shape index (κ3) is 14.7. The maximum absolute atomic E-state index is 12.4. The number of carboxylic acids is 4. The number of hydrogen-bond acceptors (Lipinski definition) is 9. The minimum absolute atomic E-state index is 0. The molecule has 0 aliphatic carbocycles. The topological polar surface area (TPSA) is 182 Å². The Hall–Kier alpha value is -1.49. The minimum Gasteiger partial charge on any atom is -0.480 e. The van der Waals surface area contributed by atoms with Gasteiger partial charge < -0.3 is 25.3 Å². The summed E-state index contributed by atoms with van der Waals surface area (Å²) in [5.74, 6) is -4.68. The van der Waals surface area contributed by atoms with E-state index >= 15 is 0 Å². The quantitative estimate of drug-likeness (QED) is 0.192. The van der Waals surface area contributed by atoms with Crippen molar-refractivity contribution >= 4 is 29.8 Å². The molecule has 34 heavy (non-hydrogen) atoms. The predicted molar refractivity (Wildman–Crippen MR) is 114 cm³/mol. The van der Waals surface area contributed by atoms with Gasteiger partial charge in [-0.25, -0.2) is 0 Å². The molecule has 1 saturated heterocycles. The van der Waals surface area contributed by atoms with Crippen LogP contribution in [0.3, 0.4) is 0 Å². The molecule has 1 aliphatic heterocycles. The molecule has 0 bridgehead atoms. The monoisotopic (exact) mass is 633 g/mol. The second-order valence-corrected chi connectivity index (χ2v) is 7.93. The molecule has 1 rings (SSSR count). The summed E-state index contributed by atoms with van der Waals surface area (Å²) in [6, 6.07) is 0. The van der Waals surface area contributed by atoms with Crippen LogP contribution in [0.5, 0.6) is 0 Å². The van der Waals surface area contributed by atoms with Crippen molar-refractivity contribution in [1.29, 1.82) is 0 Å². The zero-order chi connectivity index (χ0) is 25.0. The molecule has 1 amide bonds. The van der Waals surface area contributed by atoms with E-state index in [1.54, 1.807) is 19.6 Å². The molecule has 4 N–H and O–H groups in total. The number of carbonyl (C=O) groups is 5. The van der Waals surface area contributed by atoms with Crippen LogP contribution >= 0.6 is 0 Å². The Morgan fingerprint density at radius 2 is 0.824 bits per heavy atom. The third-order valence-corrected chi connectivity index (χ3v) is 5.16. The minimum atomic E-state index is -1.15. The molecular weight excluding hydrogens is 599 g/mol. The first kappa shape index (κ1) is 32.5. The Balaban J connectivity index is 0.0000109. The molecule has 1 heterocycles. The van der Waals surface area contributed by atoms with E-state index in [2.05, 4.69) is 0 Å². The van der Waals surface area contributed by atoms with Gasteiger partial charge in [0.2, 0.25) is 5.91 Å². The molecule has 15 heteroatoms. The van der Waals surface area contributed by atoms with Crippen LogP contribution < -0.4 is 0 Å². The van der Waals surface area contributed by atoms with Gasteiger partial charge in [-0.1, -0.05) is 0 Å². The van der Waals surface area contributed by atoms with Crippen molar-refractivity contribution in [2.75, 3.05) is 92.1 Å². The maximum atomic E-state index is 12.4. The Labute approximate surface area is 229 Å². The number of hydrogen-bond donors (Lipinski definition) is 4. The van der Waals surface area contributed by atoms with E-state index in [0.717, 1.165) is 4.90 Å². The van der Waals surface area contributed by atoms with Crippen LogP contribution in [0.4, 0.5) is 0 Å². The van der Waals surface area contributed by atoms with Gasteiger partial charge in [-0.15, -0.1) is 0 Å². The van der Waals surface area contributed by atoms with E-state index in [1.807, 2.05) is 0 Å². The fourth-order valence-corrected chi connectivity index (χ4v) is 3.39. The van der Waals surface area contributed by atoms with Crippen molar-refractivity contribution in [2.45, 2.75) is 0 Å². The molecule has 0 unspecified atom stereocenters. The Morgan fingerprint density at radius 1 is 0.559 bits per heavy atom. The third-order valence-electron chi connectivity index (χ3n) is 5.16. The fourth-order valence-electron chi connectivity index (χ4n) is 3.39. The largest absolute Gasteiger partial charge is 0.480 e. The Morgan fingerprint density at radius 3 is 1.06 bits per heavy atom. The number of nitrogens with zero attached hydrogens (tertiary/aromatic N) is 5. The smallest absolute Gasteiger partial charge is 0.323 e. The molecule has 0 aromatic carbocycles. The number of carboxylic acid groups (broad SMARTS) is 4. The van der Waals surface area contributed by atoms with E-state index in [9.17, 15) is 34.2 Å². The molecule has 0 radical (unpaired) electrons. The van der Waals surface area contributed by atoms with Gasteiger partial charge in [0, 0.05) is 99.3 Å². The van der Waals surface area contributed by atoms with Gasteiger partial charge in [-0.3, -0.25) is 43.6 Å². The van der Waals surface area contributed by atoms with E-state index in [0.29, 0.717) is 13.1 Å². The molecular formula is C19H33GdN5O9. The second kappa shape index (κ2) is 17.0. The summed E-state index contributed by atoms with van der Waals surface area (Å²) in [5, 5.41) is 36.5. The van der Waals surface area contributed by atoms with E-state index in [4.69, 9.17) is 10.2 Å². The fraction of sp³-hybridized carbons (Fsp3) is 0.737. The van der Waals surface area contributed by atoms with Crippen molar-refractivity contribution in [3.8, 4) is 0 Å². The summed E-state index contributed by atoms with van der Waals surface area (Å²) in [5.41, 5.74) is 0. The number of likely N-dealkylation sites (N-methyl/N-ethyl adjacent to an activating group) is 1. The molecule has 1 aliphatic rings. The Kier molecular flexibility index (Phi) is 16.3. The van der Waals surface area contributed by atoms with Crippen LogP contribution in [0.2, 0.25) is 0 Å². The second-order valence-electron chi connectivity index (χ2n) is 7.93. The first-order chi connectivity index (χ1) is 15.5. The van der Waals surface area contributed by atoms with Gasteiger partial charge >= 0.3 is 23.9 Å². The van der Waals surface area contributed by atoms with Crippen LogP contribution in [0.1, 0.15) is 0 Å². The van der Waals surface area contributed by atoms with Crippen molar-refractivity contribution in [1.82, 2.24) is 24.5 Å². The number of rotatable bonds is 10. The summed E-state index contributed by atoms with van der Waals surface area (Å²) < 4.78 is 0. The van der Waals surface area contributed by atoms with Crippen LogP contribution in [0.25, 0.3) is 0 Å². The molecule has 196 valence electrons. The summed E-state index contributed by atoms with van der Waals surface area (Å²) in [6.07, 6.45) is 0. The summed E-state index contributed by atoms with van der Waals surface area (Å²) in [7, 11) is 1.37. The average molecular weight is 633 g/mol. The van der Waals surface area contributed by atoms with Crippen molar-refractivity contribution in [3.05, 3.63) is 0 Å². The molecule has 0 spiro atoms. The molecule has 0 aromatic heterocycles. The van der Waals surface area contributed by atoms with Gasteiger partial charge in [-0.2, -0.15) is 0 Å². The predicted octanol–water partition coefficient (Wildman–Crippen LogP) is -3.00. The van der Waals surface area contributed by atoms with E-state index < -0.39 is 36.3 Å². The SMILES string of the molecule is CN(CC(=O)O)C(=O)CN1CCN(CC(=O)O)CCN(CC(=O)O)CCN(CC(=O)O)CC1.[Gd]. The van der Waals surface area contributed by atoms with Gasteiger partial charge in [0.05, 0.1) is 26.2 Å². The molecule has 14 nitrogen and oxygen atoms in total. The van der Waals surface area contributed by atoms with Gasteiger partial charge in [0.1, 0.15) is 6.54 Å². The summed E-state index contributed by atoms with van der Waals surface area (Å²) in [4.78, 5) is 64.7. The van der Waals surface area contributed by atoms with E-state index in [-0.39, 0.29) is 105 Å². The van der Waals surface area contributed by atoms with Gasteiger partial charge in [-0.05, 0) is 0 Å². The maximum Gasteiger partial charge on any atom is 0.323 e. The number of amides is 1. The van der Waals surface area contributed by atoms with Crippen molar-refractivity contribution < 1.29 is 84.3 Å². The standard InChI is InChI=1S/C19H33N5O9.Gd/c1-20(11-16(26)27)15(25)10-21-2-4-22(12-17(28)29)6-8-24(14-19(32)33)9-7-23(5-3-21)13-18(30)31;/h2-14H2,1H3,(H,26,27)(H,28,29)(H,30,31)(H,32,33);. The zero-order valence-electron chi connectivity index (χ0n) is 19.1.